The van der Waals surface area contributed by atoms with Crippen LogP contribution in [-0.4, -0.2) is 23.4 Å². The van der Waals surface area contributed by atoms with Gasteiger partial charge in [0.25, 0.3) is 5.91 Å². The molecule has 3 heteroatoms. The third-order valence-corrected chi connectivity index (χ3v) is 4.55. The van der Waals surface area contributed by atoms with Gasteiger partial charge in [0, 0.05) is 29.1 Å². The zero-order valence-corrected chi connectivity index (χ0v) is 12.8. The first-order valence-corrected chi connectivity index (χ1v) is 7.66. The molecule has 0 radical (unpaired) electrons. The Bertz CT molecular complexity index is 641. The van der Waals surface area contributed by atoms with Crippen LogP contribution >= 0.6 is 11.6 Å². The first-order valence-electron chi connectivity index (χ1n) is 7.28. The number of rotatable bonds is 2. The highest BCUT2D eigenvalue weighted by Gasteiger charge is 2.34. The van der Waals surface area contributed by atoms with Gasteiger partial charge in [-0.2, -0.15) is 0 Å². The van der Waals surface area contributed by atoms with E-state index in [9.17, 15) is 4.79 Å². The van der Waals surface area contributed by atoms with Crippen molar-refractivity contribution in [3.8, 4) is 0 Å². The van der Waals surface area contributed by atoms with Crippen molar-refractivity contribution in [1.82, 2.24) is 4.90 Å². The van der Waals surface area contributed by atoms with Gasteiger partial charge in [0.2, 0.25) is 0 Å². The molecule has 1 saturated heterocycles. The molecule has 21 heavy (non-hydrogen) atoms. The summed E-state index contributed by atoms with van der Waals surface area (Å²) in [4.78, 5) is 14.6. The van der Waals surface area contributed by atoms with Gasteiger partial charge in [0.05, 0.1) is 0 Å². The molecule has 2 atom stereocenters. The molecule has 2 nitrogen and oxygen atoms in total. The number of benzene rings is 2. The lowest BCUT2D eigenvalue weighted by Crippen LogP contribution is -2.35. The molecule has 1 amide bonds. The van der Waals surface area contributed by atoms with Crippen molar-refractivity contribution >= 4 is 17.5 Å². The van der Waals surface area contributed by atoms with Crippen molar-refractivity contribution < 1.29 is 4.79 Å². The minimum absolute atomic E-state index is 0.0726. The highest BCUT2D eigenvalue weighted by Crippen LogP contribution is 2.34. The summed E-state index contributed by atoms with van der Waals surface area (Å²) in [6, 6.07) is 17.8. The van der Waals surface area contributed by atoms with E-state index >= 15 is 0 Å². The number of amides is 1. The van der Waals surface area contributed by atoms with Gasteiger partial charge in [0.15, 0.2) is 0 Å². The van der Waals surface area contributed by atoms with Crippen molar-refractivity contribution in [3.05, 3.63) is 70.7 Å². The second-order valence-corrected chi connectivity index (χ2v) is 5.99. The van der Waals surface area contributed by atoms with Crippen molar-refractivity contribution in [2.75, 3.05) is 6.54 Å². The first-order chi connectivity index (χ1) is 10.2. The number of hydrogen-bond acceptors (Lipinski definition) is 1. The predicted octanol–water partition coefficient (Wildman–Crippen LogP) is 4.36. The predicted molar refractivity (Wildman–Crippen MR) is 85.8 cm³/mol. The second kappa shape index (κ2) is 5.90. The number of halogens is 1. The lowest BCUT2D eigenvalue weighted by atomic mass is 9.93. The average molecular weight is 300 g/mol. The van der Waals surface area contributed by atoms with E-state index in [2.05, 4.69) is 31.2 Å². The van der Waals surface area contributed by atoms with Gasteiger partial charge in [-0.05, 0) is 37.1 Å². The molecule has 1 aliphatic heterocycles. The van der Waals surface area contributed by atoms with Crippen LogP contribution in [-0.2, 0) is 0 Å². The van der Waals surface area contributed by atoms with Crippen LogP contribution in [0.3, 0.4) is 0 Å². The topological polar surface area (TPSA) is 20.3 Å². The standard InChI is InChI=1S/C18H18ClNO/c1-13-17(14-6-3-2-4-7-14)10-11-20(13)18(21)15-8-5-9-16(19)12-15/h2-9,12-13,17H,10-11H2,1H3/t13-,17-/m0/s1. The number of hydrogen-bond donors (Lipinski definition) is 0. The molecule has 1 aliphatic rings. The van der Waals surface area contributed by atoms with Crippen LogP contribution < -0.4 is 0 Å². The molecule has 0 N–H and O–H groups in total. The normalized spacial score (nSPS) is 21.5. The van der Waals surface area contributed by atoms with Crippen molar-refractivity contribution in [1.29, 1.82) is 0 Å². The van der Waals surface area contributed by atoms with E-state index in [0.29, 0.717) is 16.5 Å². The molecule has 0 saturated carbocycles. The van der Waals surface area contributed by atoms with Gasteiger partial charge >= 0.3 is 0 Å². The summed E-state index contributed by atoms with van der Waals surface area (Å²) < 4.78 is 0. The monoisotopic (exact) mass is 299 g/mol. The van der Waals surface area contributed by atoms with Crippen LogP contribution in [0.5, 0.6) is 0 Å². The lowest BCUT2D eigenvalue weighted by Gasteiger charge is -2.25. The number of carbonyl (C=O) groups is 1. The smallest absolute Gasteiger partial charge is 0.254 e. The van der Waals surface area contributed by atoms with E-state index < -0.39 is 0 Å². The largest absolute Gasteiger partial charge is 0.335 e. The van der Waals surface area contributed by atoms with E-state index in [1.807, 2.05) is 23.1 Å². The Morgan fingerprint density at radius 3 is 2.62 bits per heavy atom. The van der Waals surface area contributed by atoms with Crippen LogP contribution in [0.4, 0.5) is 0 Å². The molecular weight excluding hydrogens is 282 g/mol. The lowest BCUT2D eigenvalue weighted by molar-refractivity contribution is 0.0742. The zero-order valence-electron chi connectivity index (χ0n) is 12.0. The third kappa shape index (κ3) is 2.81. The number of carbonyl (C=O) groups excluding carboxylic acids is 1. The maximum absolute atomic E-state index is 12.7. The fourth-order valence-electron chi connectivity index (χ4n) is 3.16. The Hall–Kier alpha value is -1.80. The van der Waals surface area contributed by atoms with E-state index in [4.69, 9.17) is 11.6 Å². The molecule has 1 heterocycles. The second-order valence-electron chi connectivity index (χ2n) is 5.56. The molecule has 2 aromatic rings. The quantitative estimate of drug-likeness (QED) is 0.807. The van der Waals surface area contributed by atoms with E-state index in [1.54, 1.807) is 12.1 Å². The molecule has 3 rings (SSSR count). The minimum atomic E-state index is 0.0726. The van der Waals surface area contributed by atoms with Crippen LogP contribution in [0, 0.1) is 0 Å². The zero-order chi connectivity index (χ0) is 14.8. The summed E-state index contributed by atoms with van der Waals surface area (Å²) in [6.07, 6.45) is 1.01. The van der Waals surface area contributed by atoms with E-state index in [-0.39, 0.29) is 11.9 Å². The van der Waals surface area contributed by atoms with Gasteiger partial charge in [0.1, 0.15) is 0 Å². The van der Waals surface area contributed by atoms with Crippen molar-refractivity contribution in [2.24, 2.45) is 0 Å². The Morgan fingerprint density at radius 1 is 1.14 bits per heavy atom. The summed E-state index contributed by atoms with van der Waals surface area (Å²) >= 11 is 5.99. The van der Waals surface area contributed by atoms with Gasteiger partial charge in [-0.25, -0.2) is 0 Å². The van der Waals surface area contributed by atoms with Crippen molar-refractivity contribution in [3.63, 3.8) is 0 Å². The number of likely N-dealkylation sites (tertiary alicyclic amines) is 1. The molecule has 0 aromatic heterocycles. The van der Waals surface area contributed by atoms with Crippen molar-refractivity contribution in [2.45, 2.75) is 25.3 Å². The fourth-order valence-corrected chi connectivity index (χ4v) is 3.35. The average Bonchev–Trinajstić information content (AvgIpc) is 2.89. The van der Waals surface area contributed by atoms with Crippen LogP contribution in [0.15, 0.2) is 54.6 Å². The highest BCUT2D eigenvalue weighted by molar-refractivity contribution is 6.30. The molecule has 2 aromatic carbocycles. The molecular formula is C18H18ClNO. The fraction of sp³-hybridized carbons (Fsp3) is 0.278. The van der Waals surface area contributed by atoms with Gasteiger partial charge in [-0.15, -0.1) is 0 Å². The molecule has 108 valence electrons. The maximum atomic E-state index is 12.7. The van der Waals surface area contributed by atoms with Gasteiger partial charge < -0.3 is 4.90 Å². The summed E-state index contributed by atoms with van der Waals surface area (Å²) in [5, 5.41) is 0.604. The van der Waals surface area contributed by atoms with Crippen LogP contribution in [0.2, 0.25) is 5.02 Å². The Balaban J connectivity index is 1.80. The first kappa shape index (κ1) is 14.2. The molecule has 1 fully saturated rings. The Morgan fingerprint density at radius 2 is 1.90 bits per heavy atom. The van der Waals surface area contributed by atoms with E-state index in [1.165, 1.54) is 5.56 Å². The summed E-state index contributed by atoms with van der Waals surface area (Å²) in [5.74, 6) is 0.484. The summed E-state index contributed by atoms with van der Waals surface area (Å²) in [6.45, 7) is 2.93. The summed E-state index contributed by atoms with van der Waals surface area (Å²) in [5.41, 5.74) is 1.98. The van der Waals surface area contributed by atoms with E-state index in [0.717, 1.165) is 13.0 Å². The SMILES string of the molecule is C[C@H]1[C@@H](c2ccccc2)CCN1C(=O)c1cccc(Cl)c1. The molecule has 0 unspecified atom stereocenters. The number of nitrogens with zero attached hydrogens (tertiary/aromatic N) is 1. The molecule has 0 spiro atoms. The summed E-state index contributed by atoms with van der Waals surface area (Å²) in [7, 11) is 0. The molecule has 0 aliphatic carbocycles. The maximum Gasteiger partial charge on any atom is 0.254 e. The third-order valence-electron chi connectivity index (χ3n) is 4.32. The Kier molecular flexibility index (Phi) is 3.98. The van der Waals surface area contributed by atoms with Gasteiger partial charge in [-0.3, -0.25) is 4.79 Å². The highest BCUT2D eigenvalue weighted by atomic mass is 35.5. The van der Waals surface area contributed by atoms with Crippen LogP contribution in [0.1, 0.15) is 35.2 Å². The van der Waals surface area contributed by atoms with Gasteiger partial charge in [-0.1, -0.05) is 48.0 Å². The molecule has 0 bridgehead atoms. The Labute approximate surface area is 130 Å². The minimum Gasteiger partial charge on any atom is -0.335 e. The van der Waals surface area contributed by atoms with Crippen LogP contribution in [0.25, 0.3) is 0 Å².